The number of amides is 2. The highest BCUT2D eigenvalue weighted by Gasteiger charge is 2.16. The summed E-state index contributed by atoms with van der Waals surface area (Å²) in [5, 5.41) is 5.94. The van der Waals surface area contributed by atoms with Gasteiger partial charge in [0, 0.05) is 15.8 Å². The van der Waals surface area contributed by atoms with E-state index in [1.54, 1.807) is 0 Å². The molecule has 1 heterocycles. The lowest BCUT2D eigenvalue weighted by Crippen LogP contribution is -2.40. The van der Waals surface area contributed by atoms with Crippen LogP contribution in [0.3, 0.4) is 0 Å². The standard InChI is InChI=1S/C14H18N2OS/c17-14(16-11-5-1-2-6-11)15-9-12-8-10-4-3-7-13(10)18-12/h1-2,8,11H,3-7,9H2,(H2,15,16,17). The fourth-order valence-corrected chi connectivity index (χ4v) is 3.82. The van der Waals surface area contributed by atoms with E-state index in [-0.39, 0.29) is 6.03 Å². The smallest absolute Gasteiger partial charge is 0.315 e. The van der Waals surface area contributed by atoms with Gasteiger partial charge < -0.3 is 10.6 Å². The van der Waals surface area contributed by atoms with E-state index in [2.05, 4.69) is 28.9 Å². The normalized spacial score (nSPS) is 18.0. The van der Waals surface area contributed by atoms with Crippen LogP contribution in [0.25, 0.3) is 0 Å². The van der Waals surface area contributed by atoms with E-state index >= 15 is 0 Å². The number of carbonyl (C=O) groups excluding carboxylic acids is 1. The molecular weight excluding hydrogens is 244 g/mol. The predicted octanol–water partition coefficient (Wildman–Crippen LogP) is 2.75. The van der Waals surface area contributed by atoms with E-state index in [4.69, 9.17) is 0 Å². The zero-order valence-corrected chi connectivity index (χ0v) is 11.2. The molecule has 0 unspecified atom stereocenters. The molecule has 0 bridgehead atoms. The van der Waals surface area contributed by atoms with Gasteiger partial charge in [0.25, 0.3) is 0 Å². The van der Waals surface area contributed by atoms with Crippen molar-refractivity contribution < 1.29 is 4.79 Å². The number of hydrogen-bond acceptors (Lipinski definition) is 2. The zero-order chi connectivity index (χ0) is 12.4. The van der Waals surface area contributed by atoms with Gasteiger partial charge in [0.1, 0.15) is 0 Å². The van der Waals surface area contributed by atoms with Crippen molar-refractivity contribution >= 4 is 17.4 Å². The van der Waals surface area contributed by atoms with Crippen LogP contribution in [0.1, 0.15) is 34.6 Å². The molecule has 0 saturated heterocycles. The molecule has 2 N–H and O–H groups in total. The molecule has 0 spiro atoms. The van der Waals surface area contributed by atoms with E-state index in [9.17, 15) is 4.79 Å². The summed E-state index contributed by atoms with van der Waals surface area (Å²) in [6.45, 7) is 0.656. The van der Waals surface area contributed by atoms with Crippen LogP contribution in [-0.4, -0.2) is 12.1 Å². The van der Waals surface area contributed by atoms with Crippen molar-refractivity contribution in [2.75, 3.05) is 0 Å². The summed E-state index contributed by atoms with van der Waals surface area (Å²) < 4.78 is 0. The van der Waals surface area contributed by atoms with Crippen LogP contribution < -0.4 is 10.6 Å². The van der Waals surface area contributed by atoms with Crippen LogP contribution in [0.15, 0.2) is 18.2 Å². The molecule has 2 aliphatic rings. The lowest BCUT2D eigenvalue weighted by molar-refractivity contribution is 0.237. The number of aryl methyl sites for hydroxylation is 2. The van der Waals surface area contributed by atoms with Crippen LogP contribution >= 0.6 is 11.3 Å². The first-order chi connectivity index (χ1) is 8.81. The number of hydrogen-bond donors (Lipinski definition) is 2. The second kappa shape index (κ2) is 5.14. The summed E-state index contributed by atoms with van der Waals surface area (Å²) in [7, 11) is 0. The topological polar surface area (TPSA) is 41.1 Å². The molecule has 0 aromatic carbocycles. The number of thiophene rings is 1. The molecular formula is C14H18N2OS. The highest BCUT2D eigenvalue weighted by Crippen LogP contribution is 2.30. The number of urea groups is 1. The van der Waals surface area contributed by atoms with Gasteiger partial charge in [-0.3, -0.25) is 0 Å². The van der Waals surface area contributed by atoms with Crippen LogP contribution in [0.2, 0.25) is 0 Å². The van der Waals surface area contributed by atoms with E-state index < -0.39 is 0 Å². The molecule has 0 saturated carbocycles. The lowest BCUT2D eigenvalue weighted by atomic mass is 10.2. The molecule has 96 valence electrons. The molecule has 4 heteroatoms. The van der Waals surface area contributed by atoms with Gasteiger partial charge in [-0.2, -0.15) is 0 Å². The van der Waals surface area contributed by atoms with Crippen LogP contribution in [0.4, 0.5) is 4.79 Å². The van der Waals surface area contributed by atoms with Gasteiger partial charge in [-0.15, -0.1) is 11.3 Å². The molecule has 1 aromatic heterocycles. The Balaban J connectivity index is 1.46. The van der Waals surface area contributed by atoms with Gasteiger partial charge in [-0.1, -0.05) is 12.2 Å². The Morgan fingerprint density at radius 1 is 1.33 bits per heavy atom. The first kappa shape index (κ1) is 11.8. The van der Waals surface area contributed by atoms with Gasteiger partial charge in [-0.05, 0) is 43.7 Å². The van der Waals surface area contributed by atoms with Gasteiger partial charge in [-0.25, -0.2) is 4.79 Å². The summed E-state index contributed by atoms with van der Waals surface area (Å²) in [6, 6.07) is 2.50. The Hall–Kier alpha value is -1.29. The van der Waals surface area contributed by atoms with Gasteiger partial charge in [0.05, 0.1) is 6.54 Å². The van der Waals surface area contributed by atoms with E-state index in [0.717, 1.165) is 12.8 Å². The van der Waals surface area contributed by atoms with Crippen molar-refractivity contribution in [3.05, 3.63) is 33.5 Å². The van der Waals surface area contributed by atoms with Crippen molar-refractivity contribution in [1.82, 2.24) is 10.6 Å². The SMILES string of the molecule is O=C(NCc1cc2c(s1)CCC2)NC1CC=CC1. The molecule has 0 radical (unpaired) electrons. The molecule has 0 atom stereocenters. The minimum atomic E-state index is -0.0442. The van der Waals surface area contributed by atoms with Crippen molar-refractivity contribution in [2.45, 2.75) is 44.7 Å². The molecule has 18 heavy (non-hydrogen) atoms. The molecule has 3 nitrogen and oxygen atoms in total. The van der Waals surface area contributed by atoms with Crippen LogP contribution in [0.5, 0.6) is 0 Å². The molecule has 3 rings (SSSR count). The Labute approximate surface area is 111 Å². The summed E-state index contributed by atoms with van der Waals surface area (Å²) in [4.78, 5) is 14.5. The fraction of sp³-hybridized carbons (Fsp3) is 0.500. The summed E-state index contributed by atoms with van der Waals surface area (Å²) in [6.07, 6.45) is 9.89. The van der Waals surface area contributed by atoms with Crippen molar-refractivity contribution in [3.8, 4) is 0 Å². The molecule has 0 aliphatic heterocycles. The third kappa shape index (κ3) is 2.58. The average molecular weight is 262 g/mol. The summed E-state index contributed by atoms with van der Waals surface area (Å²) in [5.74, 6) is 0. The quantitative estimate of drug-likeness (QED) is 0.808. The minimum absolute atomic E-state index is 0.0442. The Kier molecular flexibility index (Phi) is 3.37. The molecule has 2 aliphatic carbocycles. The van der Waals surface area contributed by atoms with E-state index in [0.29, 0.717) is 12.6 Å². The highest BCUT2D eigenvalue weighted by molar-refractivity contribution is 7.12. The lowest BCUT2D eigenvalue weighted by Gasteiger charge is -2.12. The monoisotopic (exact) mass is 262 g/mol. The van der Waals surface area contributed by atoms with Crippen molar-refractivity contribution in [2.24, 2.45) is 0 Å². The third-order valence-electron chi connectivity index (χ3n) is 3.56. The van der Waals surface area contributed by atoms with Crippen molar-refractivity contribution in [1.29, 1.82) is 0 Å². The number of carbonyl (C=O) groups is 1. The maximum absolute atomic E-state index is 11.7. The molecule has 2 amide bonds. The Morgan fingerprint density at radius 2 is 2.17 bits per heavy atom. The first-order valence-corrected chi connectivity index (χ1v) is 7.43. The largest absolute Gasteiger partial charge is 0.335 e. The summed E-state index contributed by atoms with van der Waals surface area (Å²) >= 11 is 1.85. The number of fused-ring (bicyclic) bond motifs is 1. The van der Waals surface area contributed by atoms with E-state index in [1.165, 1.54) is 34.6 Å². The maximum Gasteiger partial charge on any atom is 0.315 e. The highest BCUT2D eigenvalue weighted by atomic mass is 32.1. The number of rotatable bonds is 3. The predicted molar refractivity (Wildman–Crippen MR) is 73.9 cm³/mol. The summed E-state index contributed by atoms with van der Waals surface area (Å²) in [5.41, 5.74) is 1.50. The van der Waals surface area contributed by atoms with E-state index in [1.807, 2.05) is 11.3 Å². The second-order valence-electron chi connectivity index (χ2n) is 4.98. The second-order valence-corrected chi connectivity index (χ2v) is 6.20. The van der Waals surface area contributed by atoms with Crippen molar-refractivity contribution in [3.63, 3.8) is 0 Å². The van der Waals surface area contributed by atoms with Gasteiger partial charge >= 0.3 is 6.03 Å². The first-order valence-electron chi connectivity index (χ1n) is 6.61. The minimum Gasteiger partial charge on any atom is -0.335 e. The fourth-order valence-electron chi connectivity index (χ4n) is 2.62. The molecule has 0 fully saturated rings. The van der Waals surface area contributed by atoms with Crippen LogP contribution in [0, 0.1) is 0 Å². The Morgan fingerprint density at radius 3 is 2.94 bits per heavy atom. The number of nitrogens with one attached hydrogen (secondary N) is 2. The Bertz CT molecular complexity index is 449. The van der Waals surface area contributed by atoms with Gasteiger partial charge in [0.2, 0.25) is 0 Å². The third-order valence-corrected chi connectivity index (χ3v) is 4.80. The maximum atomic E-state index is 11.7. The zero-order valence-electron chi connectivity index (χ0n) is 10.4. The molecule has 1 aromatic rings. The van der Waals surface area contributed by atoms with Crippen LogP contribution in [-0.2, 0) is 19.4 Å². The average Bonchev–Trinajstić information content (AvgIpc) is 3.01. The van der Waals surface area contributed by atoms with Gasteiger partial charge in [0.15, 0.2) is 0 Å².